The Morgan fingerprint density at radius 1 is 0.818 bits per heavy atom. The zero-order valence-corrected chi connectivity index (χ0v) is 14.4. The first-order valence-corrected chi connectivity index (χ1v) is 8.97. The van der Waals surface area contributed by atoms with Crippen LogP contribution >= 0.6 is 23.2 Å². The van der Waals surface area contributed by atoms with E-state index in [1.807, 2.05) is 0 Å². The minimum absolute atomic E-state index is 0.109. The van der Waals surface area contributed by atoms with Crippen LogP contribution in [0, 0.1) is 0 Å². The summed E-state index contributed by atoms with van der Waals surface area (Å²) < 4.78 is 5.91. The second-order valence-electron chi connectivity index (χ2n) is 5.73. The van der Waals surface area contributed by atoms with Crippen LogP contribution in [0.5, 0.6) is 5.75 Å². The molecule has 0 aliphatic carbocycles. The van der Waals surface area contributed by atoms with E-state index in [0.717, 1.165) is 25.8 Å². The molecule has 7 heteroatoms. The van der Waals surface area contributed by atoms with Crippen LogP contribution in [0.1, 0.15) is 64.2 Å². The first-order valence-electron chi connectivity index (χ1n) is 8.22. The zero-order valence-electron chi connectivity index (χ0n) is 12.9. The van der Waals surface area contributed by atoms with Crippen LogP contribution in [0.3, 0.4) is 0 Å². The lowest BCUT2D eigenvalue weighted by Gasteiger charge is -2.21. The van der Waals surface area contributed by atoms with Crippen LogP contribution in [0.2, 0.25) is 10.3 Å². The highest BCUT2D eigenvalue weighted by Gasteiger charge is 2.17. The van der Waals surface area contributed by atoms with E-state index in [2.05, 4.69) is 20.7 Å². The van der Waals surface area contributed by atoms with E-state index < -0.39 is 0 Å². The average Bonchev–Trinajstić information content (AvgIpc) is 2.53. The molecule has 5 nitrogen and oxygen atoms in total. The number of hydrogen-bond acceptors (Lipinski definition) is 5. The van der Waals surface area contributed by atoms with Gasteiger partial charge in [0.1, 0.15) is 0 Å². The first kappa shape index (κ1) is 17.7. The molecule has 0 spiro atoms. The highest BCUT2D eigenvalue weighted by Crippen LogP contribution is 2.29. The van der Waals surface area contributed by atoms with Crippen molar-refractivity contribution < 1.29 is 4.74 Å². The smallest absolute Gasteiger partial charge is 0.200 e. The van der Waals surface area contributed by atoms with E-state index in [4.69, 9.17) is 27.9 Å². The monoisotopic (exact) mass is 346 g/mol. The number of halogens is 2. The SMILES string of the molecule is Clc1nnnc(Cl)c1OC1CCCCCCCCCCCN1. The van der Waals surface area contributed by atoms with Crippen molar-refractivity contribution in [3.05, 3.63) is 10.3 Å². The Hall–Kier alpha value is -0.650. The molecule has 1 fully saturated rings. The second-order valence-corrected chi connectivity index (χ2v) is 6.45. The van der Waals surface area contributed by atoms with Crippen molar-refractivity contribution in [2.75, 3.05) is 6.54 Å². The third kappa shape index (κ3) is 6.23. The molecular formula is C15H24Cl2N4O. The standard InChI is InChI=1S/C15H24Cl2N4O/c16-14-13(15(17)20-21-19-14)22-12-10-8-6-4-2-1-3-5-7-9-11-18-12/h12,18H,1-11H2. The average molecular weight is 347 g/mol. The van der Waals surface area contributed by atoms with Gasteiger partial charge in [-0.2, -0.15) is 0 Å². The molecule has 0 saturated carbocycles. The lowest BCUT2D eigenvalue weighted by Crippen LogP contribution is -2.35. The lowest BCUT2D eigenvalue weighted by molar-refractivity contribution is 0.148. The maximum Gasteiger partial charge on any atom is 0.200 e. The van der Waals surface area contributed by atoms with Gasteiger partial charge in [0, 0.05) is 0 Å². The summed E-state index contributed by atoms with van der Waals surface area (Å²) >= 11 is 12.0. The largest absolute Gasteiger partial charge is 0.469 e. The van der Waals surface area contributed by atoms with E-state index in [0.29, 0.717) is 5.75 Å². The van der Waals surface area contributed by atoms with Gasteiger partial charge in [0.2, 0.25) is 0 Å². The summed E-state index contributed by atoms with van der Waals surface area (Å²) in [5.41, 5.74) is 0. The van der Waals surface area contributed by atoms with E-state index in [1.54, 1.807) is 0 Å². The van der Waals surface area contributed by atoms with Crippen molar-refractivity contribution in [1.82, 2.24) is 20.7 Å². The van der Waals surface area contributed by atoms with Gasteiger partial charge in [-0.05, 0) is 31.0 Å². The molecule has 1 aromatic heterocycles. The van der Waals surface area contributed by atoms with Gasteiger partial charge >= 0.3 is 0 Å². The van der Waals surface area contributed by atoms with Crippen molar-refractivity contribution in [3.63, 3.8) is 0 Å². The molecule has 0 amide bonds. The normalized spacial score (nSPS) is 22.2. The Balaban J connectivity index is 1.92. The van der Waals surface area contributed by atoms with Crippen molar-refractivity contribution >= 4 is 23.2 Å². The highest BCUT2D eigenvalue weighted by atomic mass is 35.5. The van der Waals surface area contributed by atoms with Gasteiger partial charge in [-0.15, -0.1) is 10.2 Å². The fourth-order valence-electron chi connectivity index (χ4n) is 2.67. The maximum absolute atomic E-state index is 6.00. The van der Waals surface area contributed by atoms with Gasteiger partial charge < -0.3 is 4.74 Å². The van der Waals surface area contributed by atoms with Crippen LogP contribution in [0.4, 0.5) is 0 Å². The molecule has 1 aromatic rings. The highest BCUT2D eigenvalue weighted by molar-refractivity contribution is 6.35. The molecule has 2 rings (SSSR count). The van der Waals surface area contributed by atoms with E-state index in [1.165, 1.54) is 44.9 Å². The van der Waals surface area contributed by atoms with Crippen LogP contribution in [0.15, 0.2) is 0 Å². The van der Waals surface area contributed by atoms with Crippen LogP contribution in [0.25, 0.3) is 0 Å². The summed E-state index contributed by atoms with van der Waals surface area (Å²) in [7, 11) is 0. The number of nitrogens with zero attached hydrogens (tertiary/aromatic N) is 3. The maximum atomic E-state index is 6.00. The summed E-state index contributed by atoms with van der Waals surface area (Å²) in [6.07, 6.45) is 12.3. The molecule has 0 aromatic carbocycles. The fraction of sp³-hybridized carbons (Fsp3) is 0.800. The molecule has 1 unspecified atom stereocenters. The van der Waals surface area contributed by atoms with E-state index >= 15 is 0 Å². The first-order chi connectivity index (χ1) is 10.8. The Morgan fingerprint density at radius 3 is 2.00 bits per heavy atom. The Labute approximate surface area is 142 Å². The number of nitrogens with one attached hydrogen (secondary N) is 1. The van der Waals surface area contributed by atoms with Gasteiger partial charge in [-0.3, -0.25) is 5.32 Å². The summed E-state index contributed by atoms with van der Waals surface area (Å²) in [4.78, 5) is 0. The molecule has 1 aliphatic heterocycles. The number of rotatable bonds is 2. The fourth-order valence-corrected chi connectivity index (χ4v) is 3.06. The molecule has 124 valence electrons. The Morgan fingerprint density at radius 2 is 1.36 bits per heavy atom. The number of hydrogen-bond donors (Lipinski definition) is 1. The summed E-state index contributed by atoms with van der Waals surface area (Å²) in [6, 6.07) is 0. The number of ether oxygens (including phenoxy) is 1. The van der Waals surface area contributed by atoms with Gasteiger partial charge in [0.25, 0.3) is 0 Å². The summed E-state index contributed by atoms with van der Waals surface area (Å²) in [6.45, 7) is 0.936. The van der Waals surface area contributed by atoms with Crippen molar-refractivity contribution in [1.29, 1.82) is 0 Å². The molecule has 2 heterocycles. The molecule has 1 atom stereocenters. The number of aromatic nitrogens is 3. The molecule has 1 N–H and O–H groups in total. The summed E-state index contributed by atoms with van der Waals surface area (Å²) in [5, 5.41) is 14.6. The van der Waals surface area contributed by atoms with Crippen molar-refractivity contribution in [2.45, 2.75) is 70.4 Å². The van der Waals surface area contributed by atoms with Crippen molar-refractivity contribution in [3.8, 4) is 5.75 Å². The van der Waals surface area contributed by atoms with Gasteiger partial charge in [0.05, 0.1) is 0 Å². The minimum atomic E-state index is -0.109. The molecule has 22 heavy (non-hydrogen) atoms. The minimum Gasteiger partial charge on any atom is -0.469 e. The van der Waals surface area contributed by atoms with Gasteiger partial charge in [0.15, 0.2) is 22.3 Å². The van der Waals surface area contributed by atoms with E-state index in [-0.39, 0.29) is 16.5 Å². The molecule has 0 radical (unpaired) electrons. The van der Waals surface area contributed by atoms with Crippen LogP contribution in [-0.4, -0.2) is 28.2 Å². The molecular weight excluding hydrogens is 323 g/mol. The molecule has 1 aliphatic rings. The van der Waals surface area contributed by atoms with Crippen molar-refractivity contribution in [2.24, 2.45) is 0 Å². The quantitative estimate of drug-likeness (QED) is 0.860. The summed E-state index contributed by atoms with van der Waals surface area (Å²) in [5.74, 6) is 0.320. The third-order valence-electron chi connectivity index (χ3n) is 3.91. The van der Waals surface area contributed by atoms with Gasteiger partial charge in [-0.1, -0.05) is 68.1 Å². The van der Waals surface area contributed by atoms with Crippen LogP contribution < -0.4 is 10.1 Å². The molecule has 1 saturated heterocycles. The lowest BCUT2D eigenvalue weighted by atomic mass is 10.1. The Bertz CT molecular complexity index is 413. The predicted molar refractivity (Wildman–Crippen MR) is 88.4 cm³/mol. The van der Waals surface area contributed by atoms with Crippen LogP contribution in [-0.2, 0) is 0 Å². The zero-order chi connectivity index (χ0) is 15.6. The second kappa shape index (κ2) is 10.2. The van der Waals surface area contributed by atoms with E-state index in [9.17, 15) is 0 Å². The topological polar surface area (TPSA) is 59.9 Å². The molecule has 0 bridgehead atoms. The third-order valence-corrected chi connectivity index (χ3v) is 4.41. The van der Waals surface area contributed by atoms with Gasteiger partial charge in [-0.25, -0.2) is 0 Å². The predicted octanol–water partition coefficient (Wildman–Crippen LogP) is 4.39. The Kier molecular flexibility index (Phi) is 8.20.